The highest BCUT2D eigenvalue weighted by atomic mass is 32.1. The molecular weight excluding hydrogens is 264 g/mol. The maximum absolute atomic E-state index is 4.78. The van der Waals surface area contributed by atoms with Gasteiger partial charge in [0.2, 0.25) is 0 Å². The summed E-state index contributed by atoms with van der Waals surface area (Å²) in [7, 11) is 0. The van der Waals surface area contributed by atoms with Crippen LogP contribution in [0.3, 0.4) is 0 Å². The van der Waals surface area contributed by atoms with Gasteiger partial charge in [-0.2, -0.15) is 0 Å². The largest absolute Gasteiger partial charge is 0.314 e. The minimum atomic E-state index is 0.704. The SMILES string of the molecule is CC1CCC(CCc2nc(-c3ccccc3)cs2)CN1. The molecule has 0 saturated carbocycles. The number of rotatable bonds is 4. The summed E-state index contributed by atoms with van der Waals surface area (Å²) < 4.78 is 0. The number of aryl methyl sites for hydroxylation is 1. The average Bonchev–Trinajstić information content (AvgIpc) is 2.97. The van der Waals surface area contributed by atoms with E-state index in [1.165, 1.54) is 36.4 Å². The third-order valence-corrected chi connectivity index (χ3v) is 5.06. The normalized spacial score (nSPS) is 22.9. The summed E-state index contributed by atoms with van der Waals surface area (Å²) in [5, 5.41) is 7.05. The molecule has 1 saturated heterocycles. The van der Waals surface area contributed by atoms with Crippen molar-refractivity contribution in [1.29, 1.82) is 0 Å². The van der Waals surface area contributed by atoms with Gasteiger partial charge in [0, 0.05) is 17.0 Å². The quantitative estimate of drug-likeness (QED) is 0.914. The Morgan fingerprint density at radius 3 is 2.85 bits per heavy atom. The molecule has 106 valence electrons. The lowest BCUT2D eigenvalue weighted by Gasteiger charge is -2.27. The number of nitrogens with one attached hydrogen (secondary N) is 1. The predicted octanol–water partition coefficient (Wildman–Crippen LogP) is 4.13. The molecule has 20 heavy (non-hydrogen) atoms. The highest BCUT2D eigenvalue weighted by Crippen LogP contribution is 2.24. The van der Waals surface area contributed by atoms with Crippen molar-refractivity contribution < 1.29 is 0 Å². The van der Waals surface area contributed by atoms with E-state index in [4.69, 9.17) is 4.98 Å². The van der Waals surface area contributed by atoms with E-state index in [2.05, 4.69) is 41.9 Å². The van der Waals surface area contributed by atoms with E-state index in [9.17, 15) is 0 Å². The van der Waals surface area contributed by atoms with Gasteiger partial charge >= 0.3 is 0 Å². The first kappa shape index (κ1) is 13.8. The zero-order valence-corrected chi connectivity index (χ0v) is 12.8. The zero-order valence-electron chi connectivity index (χ0n) is 12.0. The van der Waals surface area contributed by atoms with Crippen molar-refractivity contribution in [3.8, 4) is 11.3 Å². The molecule has 2 unspecified atom stereocenters. The van der Waals surface area contributed by atoms with E-state index in [1.807, 2.05) is 6.07 Å². The van der Waals surface area contributed by atoms with Gasteiger partial charge in [-0.3, -0.25) is 0 Å². The van der Waals surface area contributed by atoms with Crippen LogP contribution in [-0.4, -0.2) is 17.6 Å². The van der Waals surface area contributed by atoms with Crippen molar-refractivity contribution >= 4 is 11.3 Å². The number of piperidine rings is 1. The van der Waals surface area contributed by atoms with Crippen LogP contribution < -0.4 is 5.32 Å². The Bertz CT molecular complexity index is 527. The molecule has 0 spiro atoms. The molecule has 0 bridgehead atoms. The Morgan fingerprint density at radius 2 is 2.10 bits per heavy atom. The third kappa shape index (κ3) is 3.47. The molecular formula is C17H22N2S. The van der Waals surface area contributed by atoms with Crippen molar-refractivity contribution in [2.75, 3.05) is 6.54 Å². The number of hydrogen-bond acceptors (Lipinski definition) is 3. The third-order valence-electron chi connectivity index (χ3n) is 4.15. The van der Waals surface area contributed by atoms with Gasteiger partial charge in [0.15, 0.2) is 0 Å². The molecule has 0 amide bonds. The highest BCUT2D eigenvalue weighted by molar-refractivity contribution is 7.09. The van der Waals surface area contributed by atoms with Crippen molar-refractivity contribution in [3.63, 3.8) is 0 Å². The maximum Gasteiger partial charge on any atom is 0.0932 e. The molecule has 1 N–H and O–H groups in total. The molecule has 0 aliphatic carbocycles. The fourth-order valence-electron chi connectivity index (χ4n) is 2.80. The first-order valence-electron chi connectivity index (χ1n) is 7.54. The van der Waals surface area contributed by atoms with E-state index in [0.717, 1.165) is 18.0 Å². The molecule has 1 aliphatic rings. The van der Waals surface area contributed by atoms with Crippen LogP contribution in [0.2, 0.25) is 0 Å². The van der Waals surface area contributed by atoms with Crippen molar-refractivity contribution in [3.05, 3.63) is 40.7 Å². The highest BCUT2D eigenvalue weighted by Gasteiger charge is 2.17. The van der Waals surface area contributed by atoms with Crippen LogP contribution >= 0.6 is 11.3 Å². The fourth-order valence-corrected chi connectivity index (χ4v) is 3.62. The summed E-state index contributed by atoms with van der Waals surface area (Å²) in [6.07, 6.45) is 5.07. The van der Waals surface area contributed by atoms with E-state index >= 15 is 0 Å². The minimum absolute atomic E-state index is 0.704. The predicted molar refractivity (Wildman–Crippen MR) is 86.1 cm³/mol. The second kappa shape index (κ2) is 6.51. The lowest BCUT2D eigenvalue weighted by atomic mass is 9.92. The molecule has 2 atom stereocenters. The molecule has 3 heteroatoms. The standard InChI is InChI=1S/C17H22N2S/c1-13-7-8-14(11-18-13)9-10-17-19-16(12-20-17)15-5-3-2-4-6-15/h2-6,12-14,18H,7-11H2,1H3. The van der Waals surface area contributed by atoms with E-state index < -0.39 is 0 Å². The molecule has 1 fully saturated rings. The maximum atomic E-state index is 4.78. The Kier molecular flexibility index (Phi) is 4.48. The first-order valence-corrected chi connectivity index (χ1v) is 8.42. The van der Waals surface area contributed by atoms with Gasteiger partial charge in [0.1, 0.15) is 0 Å². The van der Waals surface area contributed by atoms with Crippen LogP contribution in [0.4, 0.5) is 0 Å². The van der Waals surface area contributed by atoms with Crippen LogP contribution in [0.1, 0.15) is 31.2 Å². The Morgan fingerprint density at radius 1 is 1.25 bits per heavy atom. The molecule has 1 aliphatic heterocycles. The van der Waals surface area contributed by atoms with Crippen LogP contribution in [-0.2, 0) is 6.42 Å². The second-order valence-electron chi connectivity index (χ2n) is 5.78. The summed E-state index contributed by atoms with van der Waals surface area (Å²) in [5.74, 6) is 0.829. The number of benzene rings is 1. The van der Waals surface area contributed by atoms with Gasteiger partial charge in [0.25, 0.3) is 0 Å². The molecule has 0 radical (unpaired) electrons. The number of nitrogens with zero attached hydrogens (tertiary/aromatic N) is 1. The molecule has 2 heterocycles. The summed E-state index contributed by atoms with van der Waals surface area (Å²) in [6.45, 7) is 3.46. The number of hydrogen-bond donors (Lipinski definition) is 1. The number of aromatic nitrogens is 1. The summed E-state index contributed by atoms with van der Waals surface area (Å²) >= 11 is 1.80. The van der Waals surface area contributed by atoms with Gasteiger partial charge in [0.05, 0.1) is 10.7 Å². The van der Waals surface area contributed by atoms with Gasteiger partial charge < -0.3 is 5.32 Å². The van der Waals surface area contributed by atoms with Gasteiger partial charge in [-0.1, -0.05) is 30.3 Å². The smallest absolute Gasteiger partial charge is 0.0932 e. The van der Waals surface area contributed by atoms with E-state index in [0.29, 0.717) is 6.04 Å². The topological polar surface area (TPSA) is 24.9 Å². The molecule has 2 nitrogen and oxygen atoms in total. The summed E-state index contributed by atoms with van der Waals surface area (Å²) in [4.78, 5) is 4.78. The molecule has 1 aromatic heterocycles. The summed E-state index contributed by atoms with van der Waals surface area (Å²) in [5.41, 5.74) is 2.35. The first-order chi connectivity index (χ1) is 9.81. The van der Waals surface area contributed by atoms with Gasteiger partial charge in [-0.15, -0.1) is 11.3 Å². The second-order valence-corrected chi connectivity index (χ2v) is 6.73. The van der Waals surface area contributed by atoms with Crippen molar-refractivity contribution in [2.24, 2.45) is 5.92 Å². The van der Waals surface area contributed by atoms with E-state index in [-0.39, 0.29) is 0 Å². The zero-order chi connectivity index (χ0) is 13.8. The van der Waals surface area contributed by atoms with Gasteiger partial charge in [-0.25, -0.2) is 4.98 Å². The van der Waals surface area contributed by atoms with Crippen molar-refractivity contribution in [1.82, 2.24) is 10.3 Å². The average molecular weight is 286 g/mol. The lowest BCUT2D eigenvalue weighted by molar-refractivity contribution is 0.309. The Labute approximate surface area is 125 Å². The Balaban J connectivity index is 1.55. The fraction of sp³-hybridized carbons (Fsp3) is 0.471. The van der Waals surface area contributed by atoms with Crippen LogP contribution in [0.5, 0.6) is 0 Å². The monoisotopic (exact) mass is 286 g/mol. The molecule has 1 aromatic carbocycles. The lowest BCUT2D eigenvalue weighted by Crippen LogP contribution is -2.36. The van der Waals surface area contributed by atoms with Gasteiger partial charge in [-0.05, 0) is 45.1 Å². The summed E-state index contributed by atoms with van der Waals surface area (Å²) in [6, 6.07) is 11.2. The van der Waals surface area contributed by atoms with Crippen LogP contribution in [0.15, 0.2) is 35.7 Å². The molecule has 2 aromatic rings. The minimum Gasteiger partial charge on any atom is -0.314 e. The number of thiazole rings is 1. The molecule has 3 rings (SSSR count). The van der Waals surface area contributed by atoms with Crippen LogP contribution in [0.25, 0.3) is 11.3 Å². The van der Waals surface area contributed by atoms with E-state index in [1.54, 1.807) is 11.3 Å². The Hall–Kier alpha value is -1.19. The van der Waals surface area contributed by atoms with Crippen molar-refractivity contribution in [2.45, 2.75) is 38.6 Å². The van der Waals surface area contributed by atoms with Crippen LogP contribution in [0, 0.1) is 5.92 Å².